The molecule has 32 heavy (non-hydrogen) atoms. The summed E-state index contributed by atoms with van der Waals surface area (Å²) in [5.41, 5.74) is 3.37. The van der Waals surface area contributed by atoms with Crippen LogP contribution in [0.1, 0.15) is 53.8 Å². The van der Waals surface area contributed by atoms with Crippen molar-refractivity contribution in [1.29, 1.82) is 5.26 Å². The minimum atomic E-state index is -3.74. The lowest BCUT2D eigenvalue weighted by Crippen LogP contribution is -2.34. The average Bonchev–Trinajstić information content (AvgIpc) is 3.28. The first-order valence-corrected chi connectivity index (χ1v) is 13.5. The number of hydrogen-bond donors (Lipinski definition) is 2. The van der Waals surface area contributed by atoms with Gasteiger partial charge in [0.15, 0.2) is 0 Å². The minimum Gasteiger partial charge on any atom is -0.353 e. The normalized spacial score (nSPS) is 17.7. The van der Waals surface area contributed by atoms with Crippen LogP contribution < -0.4 is 10.5 Å². The smallest absolute Gasteiger partial charge is 0.239 e. The van der Waals surface area contributed by atoms with Crippen LogP contribution in [0, 0.1) is 17.2 Å². The Labute approximate surface area is 194 Å². The summed E-state index contributed by atoms with van der Waals surface area (Å²) in [5, 5.41) is 19.3. The molecule has 1 saturated carbocycles. The molecule has 0 spiro atoms. The molecule has 0 saturated heterocycles. The third kappa shape index (κ3) is 5.09. The van der Waals surface area contributed by atoms with Crippen molar-refractivity contribution in [3.8, 4) is 6.07 Å². The molecule has 0 bridgehead atoms. The summed E-state index contributed by atoms with van der Waals surface area (Å²) in [5.74, 6) is 0.791. The van der Waals surface area contributed by atoms with Crippen LogP contribution in [-0.4, -0.2) is 31.0 Å². The first-order valence-electron chi connectivity index (χ1n) is 11.1. The fourth-order valence-electron chi connectivity index (χ4n) is 4.87. The van der Waals surface area contributed by atoms with Crippen LogP contribution in [0.25, 0.3) is 0 Å². The van der Waals surface area contributed by atoms with Gasteiger partial charge in [-0.3, -0.25) is 4.90 Å². The minimum absolute atomic E-state index is 0.0881. The van der Waals surface area contributed by atoms with Crippen LogP contribution in [0.2, 0.25) is 0 Å². The van der Waals surface area contributed by atoms with E-state index in [1.54, 1.807) is 29.0 Å². The molecule has 1 aliphatic heterocycles. The van der Waals surface area contributed by atoms with Crippen molar-refractivity contribution < 1.29 is 8.42 Å². The molecule has 1 fully saturated rings. The number of anilines is 1. The van der Waals surface area contributed by atoms with Gasteiger partial charge < -0.3 is 9.88 Å². The highest BCUT2D eigenvalue weighted by molar-refractivity contribution is 7.89. The quantitative estimate of drug-likeness (QED) is 0.638. The second-order valence-corrected chi connectivity index (χ2v) is 11.7. The lowest BCUT2D eigenvalue weighted by Gasteiger charge is -2.32. The second-order valence-electron chi connectivity index (χ2n) is 9.04. The van der Waals surface area contributed by atoms with E-state index in [9.17, 15) is 13.7 Å². The van der Waals surface area contributed by atoms with Crippen LogP contribution in [0.5, 0.6) is 0 Å². The third-order valence-corrected chi connectivity index (χ3v) is 8.66. The number of aryl methyl sites for hydroxylation is 1. The van der Waals surface area contributed by atoms with Crippen LogP contribution in [0.15, 0.2) is 29.4 Å². The van der Waals surface area contributed by atoms with E-state index in [4.69, 9.17) is 5.14 Å². The highest BCUT2D eigenvalue weighted by Crippen LogP contribution is 2.38. The van der Waals surface area contributed by atoms with Gasteiger partial charge in [0.2, 0.25) is 10.0 Å². The Morgan fingerprint density at radius 2 is 2.12 bits per heavy atom. The molecule has 1 aliphatic carbocycles. The highest BCUT2D eigenvalue weighted by Gasteiger charge is 2.27. The topological polar surface area (TPSA) is 104 Å². The van der Waals surface area contributed by atoms with E-state index in [0.717, 1.165) is 53.8 Å². The Bertz CT molecular complexity index is 1150. The van der Waals surface area contributed by atoms with Gasteiger partial charge in [-0.2, -0.15) is 5.26 Å². The van der Waals surface area contributed by atoms with Gasteiger partial charge in [0.25, 0.3) is 0 Å². The van der Waals surface area contributed by atoms with E-state index >= 15 is 0 Å². The van der Waals surface area contributed by atoms with Crippen molar-refractivity contribution >= 4 is 26.4 Å². The number of sulfonamides is 1. The second kappa shape index (κ2) is 9.40. The molecule has 3 heterocycles. The number of nitrogens with one attached hydrogen (secondary N) is 1. The van der Waals surface area contributed by atoms with E-state index in [1.807, 2.05) is 0 Å². The van der Waals surface area contributed by atoms with Crippen molar-refractivity contribution in [3.63, 3.8) is 0 Å². The number of nitrogens with two attached hydrogens (primary N) is 1. The Balaban J connectivity index is 1.45. The van der Waals surface area contributed by atoms with Crippen molar-refractivity contribution in [2.45, 2.75) is 56.4 Å². The lowest BCUT2D eigenvalue weighted by molar-refractivity contribution is 0.188. The van der Waals surface area contributed by atoms with Gasteiger partial charge in [-0.15, -0.1) is 11.3 Å². The van der Waals surface area contributed by atoms with Crippen LogP contribution >= 0.6 is 11.3 Å². The first-order chi connectivity index (χ1) is 15.2. The molecule has 4 rings (SSSR count). The maximum absolute atomic E-state index is 11.6. The molecule has 7 nitrogen and oxygen atoms in total. The van der Waals surface area contributed by atoms with Gasteiger partial charge in [-0.05, 0) is 31.2 Å². The van der Waals surface area contributed by atoms with Crippen LogP contribution in [-0.2, 0) is 36.5 Å². The summed E-state index contributed by atoms with van der Waals surface area (Å²) >= 11 is 1.64. The maximum Gasteiger partial charge on any atom is 0.239 e. The Kier molecular flexibility index (Phi) is 6.77. The number of rotatable bonds is 7. The van der Waals surface area contributed by atoms with Crippen molar-refractivity contribution in [1.82, 2.24) is 9.47 Å². The first kappa shape index (κ1) is 23.1. The van der Waals surface area contributed by atoms with E-state index in [-0.39, 0.29) is 4.90 Å². The number of primary sulfonamides is 1. The van der Waals surface area contributed by atoms with E-state index < -0.39 is 10.0 Å². The zero-order valence-electron chi connectivity index (χ0n) is 18.6. The molecule has 2 aromatic rings. The van der Waals surface area contributed by atoms with Gasteiger partial charge in [-0.25, -0.2) is 13.6 Å². The zero-order valence-corrected chi connectivity index (χ0v) is 20.2. The zero-order chi connectivity index (χ0) is 22.9. The molecule has 9 heteroatoms. The molecule has 0 radical (unpaired) electrons. The van der Waals surface area contributed by atoms with E-state index in [1.165, 1.54) is 43.2 Å². The van der Waals surface area contributed by atoms with Gasteiger partial charge in [-0.1, -0.05) is 25.8 Å². The standard InChI is InChI=1S/C23H31N5O2S2/c1-16(10-18-11-19(14-27(18)2)32(25,29)30)26-23-20(12-24)21-15-28(9-8-22(21)31-23)13-17-6-4-3-5-7-17/h11,14,17,26H,1,3-10,13,15H2,2H3,(H2,25,29,30). The van der Waals surface area contributed by atoms with Crippen LogP contribution in [0.3, 0.4) is 0 Å². The predicted octanol–water partition coefficient (Wildman–Crippen LogP) is 3.71. The van der Waals surface area contributed by atoms with Crippen molar-refractivity contribution in [2.24, 2.45) is 18.1 Å². The molecular weight excluding hydrogens is 442 g/mol. The molecular formula is C23H31N5O2S2. The SMILES string of the molecule is C=C(Cc1cc(S(N)(=O)=O)cn1C)Nc1sc2c(c1C#N)CN(CC1CCCCC1)CC2. The van der Waals surface area contributed by atoms with Gasteiger partial charge >= 0.3 is 0 Å². The maximum atomic E-state index is 11.6. The van der Waals surface area contributed by atoms with E-state index in [2.05, 4.69) is 22.9 Å². The number of nitriles is 1. The predicted molar refractivity (Wildman–Crippen MR) is 128 cm³/mol. The Morgan fingerprint density at radius 1 is 1.38 bits per heavy atom. The number of fused-ring (bicyclic) bond motifs is 1. The van der Waals surface area contributed by atoms with Crippen molar-refractivity contribution in [3.05, 3.63) is 46.2 Å². The molecule has 2 aliphatic rings. The molecule has 0 aromatic carbocycles. The summed E-state index contributed by atoms with van der Waals surface area (Å²) in [4.78, 5) is 3.89. The number of hydrogen-bond acceptors (Lipinski definition) is 6. The molecule has 0 atom stereocenters. The molecule has 0 amide bonds. The largest absolute Gasteiger partial charge is 0.353 e. The van der Waals surface area contributed by atoms with Crippen molar-refractivity contribution in [2.75, 3.05) is 18.4 Å². The van der Waals surface area contributed by atoms with Crippen LogP contribution in [0.4, 0.5) is 5.00 Å². The number of nitrogens with zero attached hydrogens (tertiary/aromatic N) is 3. The summed E-state index contributed by atoms with van der Waals surface area (Å²) in [6.45, 7) is 7.14. The fraction of sp³-hybridized carbons (Fsp3) is 0.522. The molecule has 0 unspecified atom stereocenters. The summed E-state index contributed by atoms with van der Waals surface area (Å²) in [7, 11) is -1.96. The van der Waals surface area contributed by atoms with Gasteiger partial charge in [0.1, 0.15) is 11.1 Å². The number of allylic oxidation sites excluding steroid dienone is 1. The monoisotopic (exact) mass is 473 g/mol. The Hall–Kier alpha value is -2.12. The summed E-state index contributed by atoms with van der Waals surface area (Å²) < 4.78 is 25.0. The fourth-order valence-corrected chi connectivity index (χ4v) is 6.67. The molecule has 2 aromatic heterocycles. The third-order valence-electron chi connectivity index (χ3n) is 6.58. The molecule has 3 N–H and O–H groups in total. The summed E-state index contributed by atoms with van der Waals surface area (Å²) in [6, 6.07) is 3.98. The molecule has 172 valence electrons. The summed E-state index contributed by atoms with van der Waals surface area (Å²) in [6.07, 6.45) is 9.65. The van der Waals surface area contributed by atoms with Gasteiger partial charge in [0.05, 0.1) is 10.5 Å². The Morgan fingerprint density at radius 3 is 2.78 bits per heavy atom. The van der Waals surface area contributed by atoms with Gasteiger partial charge in [0, 0.05) is 61.1 Å². The number of thiophene rings is 1. The highest BCUT2D eigenvalue weighted by atomic mass is 32.2. The lowest BCUT2D eigenvalue weighted by atomic mass is 9.88. The average molecular weight is 474 g/mol. The van der Waals surface area contributed by atoms with E-state index in [0.29, 0.717) is 12.1 Å². The number of aromatic nitrogens is 1.